The minimum Gasteiger partial charge on any atom is -0.467 e. The number of aromatic nitrogens is 1. The van der Waals surface area contributed by atoms with Gasteiger partial charge in [-0.25, -0.2) is 4.79 Å². The van der Waals surface area contributed by atoms with Gasteiger partial charge in [0.25, 0.3) is 11.8 Å². The molecule has 1 aliphatic carbocycles. The Balaban J connectivity index is 1.34. The summed E-state index contributed by atoms with van der Waals surface area (Å²) in [4.78, 5) is 41.2. The van der Waals surface area contributed by atoms with Crippen molar-refractivity contribution in [3.63, 3.8) is 0 Å². The smallest absolute Gasteiger partial charge is 0.328 e. The fourth-order valence-electron chi connectivity index (χ4n) is 4.97. The molecule has 2 atom stereocenters. The average Bonchev–Trinajstić information content (AvgIpc) is 3.37. The number of benzene rings is 2. The Morgan fingerprint density at radius 2 is 2.03 bits per heavy atom. The molecule has 1 unspecified atom stereocenters. The Labute approximate surface area is 196 Å². The Morgan fingerprint density at radius 1 is 1.21 bits per heavy atom. The maximum atomic E-state index is 13.1. The van der Waals surface area contributed by atoms with E-state index in [1.807, 2.05) is 42.6 Å². The van der Waals surface area contributed by atoms with Crippen LogP contribution in [0.15, 0.2) is 61.1 Å². The molecule has 2 aliphatic rings. The van der Waals surface area contributed by atoms with Crippen LogP contribution in [0.5, 0.6) is 0 Å². The first kappa shape index (κ1) is 21.8. The number of para-hydroxylation sites is 1. The zero-order chi connectivity index (χ0) is 23.9. The number of ether oxygens (including phenoxy) is 1. The third-order valence-electron chi connectivity index (χ3n) is 6.76. The van der Waals surface area contributed by atoms with Crippen LogP contribution in [0.1, 0.15) is 33.5 Å². The average molecular weight is 459 g/mol. The molecule has 0 radical (unpaired) electrons. The summed E-state index contributed by atoms with van der Waals surface area (Å²) >= 11 is 0. The third kappa shape index (κ3) is 3.81. The third-order valence-corrected chi connectivity index (χ3v) is 6.76. The molecule has 1 fully saturated rings. The SMILES string of the molecule is C=C1NC(=O)C2(CCc3cc(C(=O)N[C@@H](Cc4c[nH]c5ccccc45)C(=O)OC)ccc3C2)N1. The zero-order valence-corrected chi connectivity index (χ0v) is 18.9. The van der Waals surface area contributed by atoms with Crippen molar-refractivity contribution in [3.8, 4) is 0 Å². The van der Waals surface area contributed by atoms with E-state index in [9.17, 15) is 14.4 Å². The molecule has 8 nitrogen and oxygen atoms in total. The molecule has 1 aliphatic heterocycles. The molecular weight excluding hydrogens is 432 g/mol. The van der Waals surface area contributed by atoms with Crippen LogP contribution in [0, 0.1) is 0 Å². The van der Waals surface area contributed by atoms with E-state index in [-0.39, 0.29) is 11.8 Å². The standard InChI is InChI=1S/C26H26N4O4/c1-15-28-25(33)26(30-15)10-9-16-11-17(7-8-18(16)13-26)23(31)29-22(24(32)34-2)12-19-14-27-21-6-4-3-5-20(19)21/h3-8,11,14,22,27,30H,1,9-10,12-13H2,2H3,(H,28,33)(H,29,31)/t22-,26?/m0/s1. The van der Waals surface area contributed by atoms with Crippen LogP contribution in [-0.2, 0) is 33.6 Å². The highest BCUT2D eigenvalue weighted by Crippen LogP contribution is 2.32. The van der Waals surface area contributed by atoms with E-state index in [0.29, 0.717) is 37.1 Å². The number of esters is 1. The van der Waals surface area contributed by atoms with Gasteiger partial charge in [0.15, 0.2) is 0 Å². The number of carbonyl (C=O) groups is 3. The summed E-state index contributed by atoms with van der Waals surface area (Å²) < 4.78 is 4.96. The molecule has 1 aromatic heterocycles. The van der Waals surface area contributed by atoms with Crippen LogP contribution in [0.2, 0.25) is 0 Å². The lowest BCUT2D eigenvalue weighted by molar-refractivity contribution is -0.142. The van der Waals surface area contributed by atoms with Gasteiger partial charge >= 0.3 is 5.97 Å². The highest BCUT2D eigenvalue weighted by atomic mass is 16.5. The molecule has 0 saturated carbocycles. The number of H-pyrrole nitrogens is 1. The summed E-state index contributed by atoms with van der Waals surface area (Å²) in [6.45, 7) is 3.80. The van der Waals surface area contributed by atoms with E-state index in [2.05, 4.69) is 27.5 Å². The van der Waals surface area contributed by atoms with E-state index in [1.54, 1.807) is 6.07 Å². The number of rotatable bonds is 5. The molecule has 0 bridgehead atoms. The maximum Gasteiger partial charge on any atom is 0.328 e. The molecule has 5 rings (SSSR count). The number of hydrogen-bond donors (Lipinski definition) is 4. The quantitative estimate of drug-likeness (QED) is 0.438. The van der Waals surface area contributed by atoms with Crippen molar-refractivity contribution < 1.29 is 19.1 Å². The highest BCUT2D eigenvalue weighted by Gasteiger charge is 2.45. The Morgan fingerprint density at radius 3 is 2.79 bits per heavy atom. The zero-order valence-electron chi connectivity index (χ0n) is 18.9. The van der Waals surface area contributed by atoms with E-state index in [4.69, 9.17) is 4.74 Å². The molecule has 2 heterocycles. The number of hydrogen-bond acceptors (Lipinski definition) is 5. The number of aromatic amines is 1. The summed E-state index contributed by atoms with van der Waals surface area (Å²) in [6.07, 6.45) is 3.95. The van der Waals surface area contributed by atoms with Gasteiger partial charge in [0.1, 0.15) is 11.6 Å². The number of methoxy groups -OCH3 is 1. The number of fused-ring (bicyclic) bond motifs is 2. The predicted octanol–water partition coefficient (Wildman–Crippen LogP) is 2.10. The lowest BCUT2D eigenvalue weighted by Gasteiger charge is -2.32. The number of carbonyl (C=O) groups excluding carboxylic acids is 3. The van der Waals surface area contributed by atoms with E-state index >= 15 is 0 Å². The van der Waals surface area contributed by atoms with Crippen molar-refractivity contribution >= 4 is 28.7 Å². The summed E-state index contributed by atoms with van der Waals surface area (Å²) in [7, 11) is 1.31. The summed E-state index contributed by atoms with van der Waals surface area (Å²) in [5, 5.41) is 9.78. The monoisotopic (exact) mass is 458 g/mol. The van der Waals surface area contributed by atoms with Crippen LogP contribution < -0.4 is 16.0 Å². The first-order chi connectivity index (χ1) is 16.4. The lowest BCUT2D eigenvalue weighted by atomic mass is 9.77. The van der Waals surface area contributed by atoms with Crippen LogP contribution in [0.3, 0.4) is 0 Å². The van der Waals surface area contributed by atoms with Crippen molar-refractivity contribution in [2.45, 2.75) is 37.3 Å². The summed E-state index contributed by atoms with van der Waals surface area (Å²) in [6, 6.07) is 12.4. The first-order valence-electron chi connectivity index (χ1n) is 11.2. The summed E-state index contributed by atoms with van der Waals surface area (Å²) in [5.74, 6) is -0.391. The molecule has 34 heavy (non-hydrogen) atoms. The molecule has 3 aromatic rings. The second kappa shape index (κ2) is 8.37. The number of nitrogens with one attached hydrogen (secondary N) is 4. The highest BCUT2D eigenvalue weighted by molar-refractivity contribution is 5.97. The second-order valence-corrected chi connectivity index (χ2v) is 8.91. The Hall–Kier alpha value is -4.07. The van der Waals surface area contributed by atoms with Gasteiger partial charge in [0.05, 0.1) is 12.9 Å². The fraction of sp³-hybridized carbons (Fsp3) is 0.269. The summed E-state index contributed by atoms with van der Waals surface area (Å²) in [5.41, 5.74) is 3.72. The van der Waals surface area contributed by atoms with E-state index in [1.165, 1.54) is 7.11 Å². The first-order valence-corrected chi connectivity index (χ1v) is 11.2. The van der Waals surface area contributed by atoms with Gasteiger partial charge in [-0.1, -0.05) is 30.8 Å². The minimum absolute atomic E-state index is 0.0665. The molecular formula is C26H26N4O4. The van der Waals surface area contributed by atoms with Crippen LogP contribution >= 0.6 is 0 Å². The largest absolute Gasteiger partial charge is 0.467 e. The molecule has 1 saturated heterocycles. The van der Waals surface area contributed by atoms with Gasteiger partial charge in [-0.2, -0.15) is 0 Å². The molecule has 2 aromatic carbocycles. The molecule has 8 heteroatoms. The van der Waals surface area contributed by atoms with E-state index < -0.39 is 17.6 Å². The van der Waals surface area contributed by atoms with Gasteiger partial charge in [-0.3, -0.25) is 9.59 Å². The van der Waals surface area contributed by atoms with Gasteiger partial charge in [-0.15, -0.1) is 0 Å². The fourth-order valence-corrected chi connectivity index (χ4v) is 4.97. The number of aryl methyl sites for hydroxylation is 1. The minimum atomic E-state index is -0.826. The second-order valence-electron chi connectivity index (χ2n) is 8.91. The molecule has 1 spiro atoms. The predicted molar refractivity (Wildman–Crippen MR) is 127 cm³/mol. The van der Waals surface area contributed by atoms with Crippen molar-refractivity contribution in [1.82, 2.24) is 20.9 Å². The molecule has 174 valence electrons. The van der Waals surface area contributed by atoms with Crippen molar-refractivity contribution in [1.29, 1.82) is 0 Å². The normalized spacial score (nSPS) is 19.9. The van der Waals surface area contributed by atoms with Crippen LogP contribution in [0.25, 0.3) is 10.9 Å². The Bertz CT molecular complexity index is 1330. The van der Waals surface area contributed by atoms with Gasteiger partial charge in [0.2, 0.25) is 0 Å². The van der Waals surface area contributed by atoms with Gasteiger partial charge in [-0.05, 0) is 47.7 Å². The van der Waals surface area contributed by atoms with Gasteiger partial charge in [0, 0.05) is 35.5 Å². The molecule has 2 amide bonds. The Kier molecular flexibility index (Phi) is 5.36. The van der Waals surface area contributed by atoms with Crippen LogP contribution in [-0.4, -0.2) is 41.5 Å². The lowest BCUT2D eigenvalue weighted by Crippen LogP contribution is -2.50. The van der Waals surface area contributed by atoms with Crippen molar-refractivity contribution in [2.24, 2.45) is 0 Å². The van der Waals surface area contributed by atoms with Crippen molar-refractivity contribution in [3.05, 3.63) is 83.3 Å². The topological polar surface area (TPSA) is 112 Å². The molecule has 4 N–H and O–H groups in total. The van der Waals surface area contributed by atoms with E-state index in [0.717, 1.165) is 27.6 Å². The van der Waals surface area contributed by atoms with Gasteiger partial charge < -0.3 is 25.7 Å². The maximum absolute atomic E-state index is 13.1. The van der Waals surface area contributed by atoms with Crippen molar-refractivity contribution in [2.75, 3.05) is 7.11 Å². The number of amides is 2. The van der Waals surface area contributed by atoms with Crippen LogP contribution in [0.4, 0.5) is 0 Å².